The molecule has 0 spiro atoms. The number of nitrogens with zero attached hydrogens (tertiary/aromatic N) is 5. The van der Waals surface area contributed by atoms with Gasteiger partial charge in [0.25, 0.3) is 5.91 Å². The Morgan fingerprint density at radius 2 is 1.65 bits per heavy atom. The van der Waals surface area contributed by atoms with E-state index in [4.69, 9.17) is 27.9 Å². The smallest absolute Gasteiger partial charge is 0.258 e. The summed E-state index contributed by atoms with van der Waals surface area (Å²) in [5, 5.41) is 19.0. The van der Waals surface area contributed by atoms with Crippen LogP contribution < -0.4 is 0 Å². The van der Waals surface area contributed by atoms with E-state index in [1.807, 2.05) is 17.0 Å². The first-order valence-electron chi connectivity index (χ1n) is 16.9. The zero-order valence-corrected chi connectivity index (χ0v) is 31.3. The lowest BCUT2D eigenvalue weighted by atomic mass is 9.85. The number of Topliss-reactive ketones (excluding diaryl/α,β-unsaturated/α-hetero) is 1. The van der Waals surface area contributed by atoms with Gasteiger partial charge in [0.05, 0.1) is 30.4 Å². The molecule has 1 amide bonds. The number of nitriles is 1. The van der Waals surface area contributed by atoms with Gasteiger partial charge in [0.2, 0.25) is 0 Å². The highest BCUT2D eigenvalue weighted by atomic mass is 127. The maximum Gasteiger partial charge on any atom is 0.258 e. The molecule has 2 aliphatic heterocycles. The van der Waals surface area contributed by atoms with Gasteiger partial charge in [0.1, 0.15) is 15.0 Å². The lowest BCUT2D eigenvalue weighted by Crippen LogP contribution is -2.45. The number of ether oxygens (including phenoxy) is 1. The molecule has 11 heteroatoms. The number of benzene rings is 2. The van der Waals surface area contributed by atoms with Crippen LogP contribution in [0.3, 0.4) is 0 Å². The quantitative estimate of drug-likeness (QED) is 0.0767. The van der Waals surface area contributed by atoms with Crippen LogP contribution in [0.5, 0.6) is 0 Å². The number of hydrogen-bond donors (Lipinski definition) is 0. The summed E-state index contributed by atoms with van der Waals surface area (Å²) in [6.45, 7) is 2.59. The van der Waals surface area contributed by atoms with Crippen molar-refractivity contribution in [3.05, 3.63) is 84.4 Å². The van der Waals surface area contributed by atoms with Crippen molar-refractivity contribution in [2.45, 2.75) is 102 Å². The third kappa shape index (κ3) is 7.92. The fourth-order valence-corrected chi connectivity index (χ4v) is 8.60. The Morgan fingerprint density at radius 3 is 2.25 bits per heavy atom. The van der Waals surface area contributed by atoms with Crippen LogP contribution in [0.2, 0.25) is 10.0 Å². The lowest BCUT2D eigenvalue weighted by Gasteiger charge is -2.34. The molecule has 254 valence electrons. The number of fused-ring (bicyclic) bond motifs is 1. The van der Waals surface area contributed by atoms with E-state index in [9.17, 15) is 14.9 Å². The SMILES string of the molecule is CCCCCCCCCCCCC(=O)c1nnn([C@@H]2CN3C(=O)C(c4cc(Cl)cc(Cl)c4)=C(OC)C3(Cc3ccc(C#N)cc3)C2)c1I. The van der Waals surface area contributed by atoms with E-state index in [0.29, 0.717) is 67.7 Å². The number of methoxy groups -OCH3 is 1. The number of carbonyl (C=O) groups excluding carboxylic acids is 2. The van der Waals surface area contributed by atoms with Gasteiger partial charge in [-0.05, 0) is 70.5 Å². The summed E-state index contributed by atoms with van der Waals surface area (Å²) in [5.74, 6) is 0.350. The fraction of sp³-hybridized carbons (Fsp3) is 0.486. The summed E-state index contributed by atoms with van der Waals surface area (Å²) >= 11 is 14.9. The zero-order valence-electron chi connectivity index (χ0n) is 27.6. The van der Waals surface area contributed by atoms with Crippen molar-refractivity contribution < 1.29 is 14.3 Å². The van der Waals surface area contributed by atoms with Crippen molar-refractivity contribution in [2.24, 2.45) is 0 Å². The molecule has 2 aromatic carbocycles. The number of ketones is 1. The van der Waals surface area contributed by atoms with Gasteiger partial charge in [-0.25, -0.2) is 4.68 Å². The van der Waals surface area contributed by atoms with E-state index < -0.39 is 5.54 Å². The molecule has 2 aliphatic rings. The molecule has 5 rings (SSSR count). The van der Waals surface area contributed by atoms with Crippen molar-refractivity contribution in [3.63, 3.8) is 0 Å². The van der Waals surface area contributed by atoms with E-state index in [2.05, 4.69) is 45.9 Å². The van der Waals surface area contributed by atoms with Crippen LogP contribution in [0.15, 0.2) is 48.2 Å². The second-order valence-electron chi connectivity index (χ2n) is 12.9. The van der Waals surface area contributed by atoms with Crippen LogP contribution in [0.25, 0.3) is 5.57 Å². The maximum atomic E-state index is 14.3. The van der Waals surface area contributed by atoms with Crippen LogP contribution in [0.4, 0.5) is 0 Å². The highest BCUT2D eigenvalue weighted by molar-refractivity contribution is 14.1. The third-order valence-electron chi connectivity index (χ3n) is 9.53. The number of hydrogen-bond acceptors (Lipinski definition) is 6. The number of rotatable bonds is 17. The second kappa shape index (κ2) is 16.6. The molecular formula is C37H42Cl2IN5O3. The first kappa shape index (κ1) is 36.3. The van der Waals surface area contributed by atoms with Crippen LogP contribution in [-0.4, -0.2) is 50.8 Å². The lowest BCUT2D eigenvalue weighted by molar-refractivity contribution is -0.126. The molecule has 1 aromatic heterocycles. The van der Waals surface area contributed by atoms with Gasteiger partial charge in [0, 0.05) is 35.9 Å². The number of amides is 1. The van der Waals surface area contributed by atoms with E-state index in [0.717, 1.165) is 24.8 Å². The number of halogens is 3. The molecule has 8 nitrogen and oxygen atoms in total. The molecule has 48 heavy (non-hydrogen) atoms. The van der Waals surface area contributed by atoms with E-state index in [1.165, 1.54) is 44.9 Å². The fourth-order valence-electron chi connectivity index (χ4n) is 7.18. The minimum absolute atomic E-state index is 0.00434. The normalized spacial score (nSPS) is 18.8. The Kier molecular flexibility index (Phi) is 12.6. The van der Waals surface area contributed by atoms with Crippen molar-refractivity contribution in [1.82, 2.24) is 19.9 Å². The molecule has 0 bridgehead atoms. The number of carbonyl (C=O) groups is 2. The summed E-state index contributed by atoms with van der Waals surface area (Å²) in [7, 11) is 1.58. The molecule has 3 aromatic rings. The Labute approximate surface area is 306 Å². The van der Waals surface area contributed by atoms with E-state index in [-0.39, 0.29) is 17.7 Å². The second-order valence-corrected chi connectivity index (χ2v) is 14.8. The molecule has 0 N–H and O–H groups in total. The molecule has 0 saturated carbocycles. The first-order chi connectivity index (χ1) is 23.2. The Hall–Kier alpha value is -2.94. The molecule has 1 fully saturated rings. The molecular weight excluding hydrogens is 760 g/mol. The number of unbranched alkanes of at least 4 members (excludes halogenated alkanes) is 9. The molecule has 1 unspecified atom stereocenters. The van der Waals surface area contributed by atoms with Crippen LogP contribution >= 0.6 is 45.8 Å². The van der Waals surface area contributed by atoms with Crippen LogP contribution in [-0.2, 0) is 16.0 Å². The molecule has 2 atom stereocenters. The maximum absolute atomic E-state index is 14.3. The predicted molar refractivity (Wildman–Crippen MR) is 197 cm³/mol. The molecule has 1 saturated heterocycles. The van der Waals surface area contributed by atoms with Gasteiger partial charge in [-0.15, -0.1) is 5.10 Å². The van der Waals surface area contributed by atoms with Crippen LogP contribution in [0.1, 0.15) is 117 Å². The minimum atomic E-state index is -0.843. The predicted octanol–water partition coefficient (Wildman–Crippen LogP) is 9.38. The van der Waals surface area contributed by atoms with Gasteiger partial charge < -0.3 is 9.64 Å². The van der Waals surface area contributed by atoms with Crippen molar-refractivity contribution in [2.75, 3.05) is 13.7 Å². The monoisotopic (exact) mass is 801 g/mol. The highest BCUT2D eigenvalue weighted by Gasteiger charge is 2.59. The zero-order chi connectivity index (χ0) is 34.3. The Morgan fingerprint density at radius 1 is 1.02 bits per heavy atom. The van der Waals surface area contributed by atoms with E-state index >= 15 is 0 Å². The van der Waals surface area contributed by atoms with Gasteiger partial charge in [-0.2, -0.15) is 5.26 Å². The average molecular weight is 803 g/mol. The first-order valence-corrected chi connectivity index (χ1v) is 18.8. The molecule has 0 aliphatic carbocycles. The average Bonchev–Trinajstić information content (AvgIpc) is 3.70. The van der Waals surface area contributed by atoms with Gasteiger partial charge in [0.15, 0.2) is 11.5 Å². The van der Waals surface area contributed by atoms with Crippen molar-refractivity contribution in [1.29, 1.82) is 5.26 Å². The third-order valence-corrected chi connectivity index (χ3v) is 11.0. The van der Waals surface area contributed by atoms with Crippen LogP contribution in [0, 0.1) is 15.0 Å². The summed E-state index contributed by atoms with van der Waals surface area (Å²) in [6.07, 6.45) is 13.5. The van der Waals surface area contributed by atoms with E-state index in [1.54, 1.807) is 42.1 Å². The largest absolute Gasteiger partial charge is 0.498 e. The molecule has 3 heterocycles. The summed E-state index contributed by atoms with van der Waals surface area (Å²) < 4.78 is 8.57. The standard InChI is InChI=1S/C37H42Cl2IN5O3/c1-3-4-5-6-7-8-9-10-11-12-13-31(46)33-35(40)45(43-42-33)30-22-37(21-25-14-16-26(23-41)17-15-25)34(48-2)32(36(47)44(37)24-30)27-18-28(38)20-29(39)19-27/h14-20,30H,3-13,21-22,24H2,1-2H3/t30-,37?/m0/s1. The highest BCUT2D eigenvalue weighted by Crippen LogP contribution is 2.52. The summed E-state index contributed by atoms with van der Waals surface area (Å²) in [4.78, 5) is 29.4. The molecule has 0 radical (unpaired) electrons. The van der Waals surface area contributed by atoms with Gasteiger partial charge >= 0.3 is 0 Å². The van der Waals surface area contributed by atoms with Crippen molar-refractivity contribution >= 4 is 63.1 Å². The Balaban J connectivity index is 1.34. The van der Waals surface area contributed by atoms with Crippen molar-refractivity contribution in [3.8, 4) is 6.07 Å². The summed E-state index contributed by atoms with van der Waals surface area (Å²) in [5.41, 5.74) is 2.08. The minimum Gasteiger partial charge on any atom is -0.498 e. The topological polar surface area (TPSA) is 101 Å². The van der Waals surface area contributed by atoms with Gasteiger partial charge in [-0.1, -0.05) is 105 Å². The Bertz CT molecular complexity index is 1680. The number of aromatic nitrogens is 3. The summed E-state index contributed by atoms with van der Waals surface area (Å²) in [6, 6.07) is 14.4. The van der Waals surface area contributed by atoms with Gasteiger partial charge in [-0.3, -0.25) is 9.59 Å².